The topological polar surface area (TPSA) is 29.5 Å². The number of halogens is 1. The van der Waals surface area contributed by atoms with E-state index in [4.69, 9.17) is 9.84 Å². The van der Waals surface area contributed by atoms with Gasteiger partial charge in [0.25, 0.3) is 0 Å². The van der Waals surface area contributed by atoms with Crippen molar-refractivity contribution >= 4 is 0 Å². The summed E-state index contributed by atoms with van der Waals surface area (Å²) >= 11 is 0. The van der Waals surface area contributed by atoms with E-state index in [1.807, 2.05) is 26.0 Å². The van der Waals surface area contributed by atoms with Gasteiger partial charge in [-0.15, -0.1) is 0 Å². The molecule has 0 aliphatic heterocycles. The van der Waals surface area contributed by atoms with E-state index in [9.17, 15) is 4.39 Å². The quantitative estimate of drug-likeness (QED) is 0.876. The molecule has 2 nitrogen and oxygen atoms in total. The van der Waals surface area contributed by atoms with Crippen LogP contribution in [0.1, 0.15) is 22.3 Å². The highest BCUT2D eigenvalue weighted by Crippen LogP contribution is 2.18. The molecule has 0 atom stereocenters. The minimum atomic E-state index is -0.450. The monoisotopic (exact) mass is 284 g/mol. The van der Waals surface area contributed by atoms with E-state index in [0.717, 1.165) is 5.56 Å². The molecule has 0 radical (unpaired) electrons. The molecule has 0 saturated heterocycles. The van der Waals surface area contributed by atoms with Crippen LogP contribution in [0.15, 0.2) is 36.4 Å². The van der Waals surface area contributed by atoms with Crippen molar-refractivity contribution in [1.29, 1.82) is 0 Å². The normalized spacial score (nSPS) is 9.90. The summed E-state index contributed by atoms with van der Waals surface area (Å²) in [6, 6.07) is 10.7. The number of rotatable bonds is 3. The summed E-state index contributed by atoms with van der Waals surface area (Å²) in [5.74, 6) is 4.98. The summed E-state index contributed by atoms with van der Waals surface area (Å²) in [6.07, 6.45) is 0. The highest BCUT2D eigenvalue weighted by atomic mass is 19.1. The Morgan fingerprint density at radius 2 is 1.81 bits per heavy atom. The fourth-order valence-electron chi connectivity index (χ4n) is 2.14. The molecule has 2 rings (SSSR count). The van der Waals surface area contributed by atoms with Gasteiger partial charge in [0.15, 0.2) is 0 Å². The molecule has 0 bridgehead atoms. The molecule has 0 amide bonds. The first-order chi connectivity index (χ1) is 10.1. The van der Waals surface area contributed by atoms with Crippen LogP contribution in [0, 0.1) is 31.5 Å². The van der Waals surface area contributed by atoms with Gasteiger partial charge < -0.3 is 9.84 Å². The number of aliphatic hydroxyl groups is 1. The van der Waals surface area contributed by atoms with Crippen LogP contribution in [0.2, 0.25) is 0 Å². The number of hydrogen-bond acceptors (Lipinski definition) is 2. The molecule has 0 aliphatic carbocycles. The van der Waals surface area contributed by atoms with E-state index < -0.39 is 5.82 Å². The first-order valence-corrected chi connectivity index (χ1v) is 6.68. The number of aryl methyl sites for hydroxylation is 2. The Kier molecular flexibility index (Phi) is 4.97. The van der Waals surface area contributed by atoms with E-state index in [1.165, 1.54) is 17.2 Å². The minimum absolute atomic E-state index is 0.253. The van der Waals surface area contributed by atoms with E-state index >= 15 is 0 Å². The maximum atomic E-state index is 13.8. The van der Waals surface area contributed by atoms with E-state index in [1.54, 1.807) is 12.1 Å². The van der Waals surface area contributed by atoms with Crippen molar-refractivity contribution in [3.8, 4) is 17.6 Å². The summed E-state index contributed by atoms with van der Waals surface area (Å²) in [7, 11) is 0. The number of hydrogen-bond donors (Lipinski definition) is 1. The Hall–Kier alpha value is -2.31. The average Bonchev–Trinajstić information content (AvgIpc) is 2.43. The third-order valence-electron chi connectivity index (χ3n) is 2.93. The second-order valence-electron chi connectivity index (χ2n) is 4.89. The summed E-state index contributed by atoms with van der Waals surface area (Å²) in [5.41, 5.74) is 3.66. The van der Waals surface area contributed by atoms with Crippen molar-refractivity contribution in [1.82, 2.24) is 0 Å². The van der Waals surface area contributed by atoms with Gasteiger partial charge in [0.2, 0.25) is 0 Å². The molecule has 0 aromatic heterocycles. The molecular formula is C18H17FO2. The summed E-state index contributed by atoms with van der Waals surface area (Å²) < 4.78 is 19.4. The van der Waals surface area contributed by atoms with Crippen molar-refractivity contribution in [2.45, 2.75) is 20.5 Å². The third kappa shape index (κ3) is 4.34. The zero-order valence-electron chi connectivity index (χ0n) is 12.1. The van der Waals surface area contributed by atoms with E-state index in [2.05, 4.69) is 17.9 Å². The lowest BCUT2D eigenvalue weighted by Gasteiger charge is -2.08. The number of benzene rings is 2. The van der Waals surface area contributed by atoms with Crippen LogP contribution in [0.3, 0.4) is 0 Å². The SMILES string of the molecule is Cc1cc(C)cc(COc2ccc(C#CCO)c(F)c2)c1. The van der Waals surface area contributed by atoms with Gasteiger partial charge in [-0.05, 0) is 31.5 Å². The molecule has 0 spiro atoms. The average molecular weight is 284 g/mol. The van der Waals surface area contributed by atoms with E-state index in [-0.39, 0.29) is 12.2 Å². The Morgan fingerprint density at radius 1 is 1.10 bits per heavy atom. The van der Waals surface area contributed by atoms with Gasteiger partial charge in [0.1, 0.15) is 24.8 Å². The lowest BCUT2D eigenvalue weighted by Crippen LogP contribution is -1.97. The molecule has 0 aliphatic rings. The lowest BCUT2D eigenvalue weighted by atomic mass is 10.1. The highest BCUT2D eigenvalue weighted by Gasteiger charge is 2.03. The largest absolute Gasteiger partial charge is 0.489 e. The van der Waals surface area contributed by atoms with Crippen LogP contribution in [-0.2, 0) is 6.61 Å². The smallest absolute Gasteiger partial charge is 0.142 e. The number of ether oxygens (including phenoxy) is 1. The van der Waals surface area contributed by atoms with Crippen LogP contribution in [0.5, 0.6) is 5.75 Å². The minimum Gasteiger partial charge on any atom is -0.489 e. The van der Waals surface area contributed by atoms with Gasteiger partial charge in [0, 0.05) is 6.07 Å². The van der Waals surface area contributed by atoms with E-state index in [0.29, 0.717) is 12.4 Å². The van der Waals surface area contributed by atoms with Gasteiger partial charge >= 0.3 is 0 Å². The standard InChI is InChI=1S/C18H17FO2/c1-13-8-14(2)10-15(9-13)12-21-17-6-5-16(4-3-7-20)18(19)11-17/h5-6,8-11,20H,7,12H2,1-2H3. The molecule has 2 aromatic rings. The van der Waals surface area contributed by atoms with Crippen molar-refractivity contribution in [2.24, 2.45) is 0 Å². The summed E-state index contributed by atoms with van der Waals surface area (Å²) in [6.45, 7) is 4.17. The van der Waals surface area contributed by atoms with Crippen molar-refractivity contribution in [2.75, 3.05) is 6.61 Å². The molecule has 108 valence electrons. The van der Waals surface area contributed by atoms with Crippen LogP contribution < -0.4 is 4.74 Å². The predicted octanol–water partition coefficient (Wildman–Crippen LogP) is 3.37. The predicted molar refractivity (Wildman–Crippen MR) is 80.6 cm³/mol. The van der Waals surface area contributed by atoms with Gasteiger partial charge in [-0.1, -0.05) is 41.2 Å². The molecule has 1 N–H and O–H groups in total. The van der Waals surface area contributed by atoms with Crippen LogP contribution in [-0.4, -0.2) is 11.7 Å². The summed E-state index contributed by atoms with van der Waals surface area (Å²) in [5, 5.41) is 8.61. The fraction of sp³-hybridized carbons (Fsp3) is 0.222. The maximum absolute atomic E-state index is 13.8. The van der Waals surface area contributed by atoms with Crippen LogP contribution in [0.4, 0.5) is 4.39 Å². The van der Waals surface area contributed by atoms with Gasteiger partial charge in [-0.3, -0.25) is 0 Å². The Morgan fingerprint density at radius 3 is 2.43 bits per heavy atom. The van der Waals surface area contributed by atoms with Crippen molar-refractivity contribution < 1.29 is 14.2 Å². The molecule has 2 aromatic carbocycles. The zero-order valence-corrected chi connectivity index (χ0v) is 12.1. The molecular weight excluding hydrogens is 267 g/mol. The molecule has 0 saturated carbocycles. The molecule has 3 heteroatoms. The lowest BCUT2D eigenvalue weighted by molar-refractivity contribution is 0.304. The fourth-order valence-corrected chi connectivity index (χ4v) is 2.14. The van der Waals surface area contributed by atoms with Crippen LogP contribution in [0.25, 0.3) is 0 Å². The second kappa shape index (κ2) is 6.92. The highest BCUT2D eigenvalue weighted by molar-refractivity contribution is 5.40. The summed E-state index contributed by atoms with van der Waals surface area (Å²) in [4.78, 5) is 0. The second-order valence-corrected chi connectivity index (χ2v) is 4.89. The Balaban J connectivity index is 2.08. The van der Waals surface area contributed by atoms with Gasteiger partial charge in [0.05, 0.1) is 5.56 Å². The Labute approximate surface area is 124 Å². The van der Waals surface area contributed by atoms with Gasteiger partial charge in [-0.25, -0.2) is 4.39 Å². The van der Waals surface area contributed by atoms with Gasteiger partial charge in [-0.2, -0.15) is 0 Å². The molecule has 0 heterocycles. The molecule has 0 unspecified atom stereocenters. The van der Waals surface area contributed by atoms with Crippen LogP contribution >= 0.6 is 0 Å². The third-order valence-corrected chi connectivity index (χ3v) is 2.93. The molecule has 0 fully saturated rings. The number of aliphatic hydroxyl groups excluding tert-OH is 1. The Bertz CT molecular complexity index is 676. The zero-order chi connectivity index (χ0) is 15.2. The van der Waals surface area contributed by atoms with Crippen molar-refractivity contribution in [3.05, 3.63) is 64.5 Å². The first-order valence-electron chi connectivity index (χ1n) is 6.68. The first kappa shape index (κ1) is 15.1. The maximum Gasteiger partial charge on any atom is 0.142 e. The van der Waals surface area contributed by atoms with Crippen molar-refractivity contribution in [3.63, 3.8) is 0 Å². The molecule has 21 heavy (non-hydrogen) atoms.